The molecule has 0 aromatic rings. The SMILES string of the molecule is COCCCCC(C)(CN)C(=O)O. The lowest BCUT2D eigenvalue weighted by molar-refractivity contribution is -0.147. The first-order valence-electron chi connectivity index (χ1n) is 4.49. The summed E-state index contributed by atoms with van der Waals surface area (Å²) in [7, 11) is 1.64. The van der Waals surface area contributed by atoms with Crippen LogP contribution in [0.25, 0.3) is 0 Å². The number of carboxylic acids is 1. The Labute approximate surface area is 79.1 Å². The van der Waals surface area contributed by atoms with Crippen LogP contribution in [0.5, 0.6) is 0 Å². The predicted octanol–water partition coefficient (Wildman–Crippen LogP) is 0.853. The second-order valence-corrected chi connectivity index (χ2v) is 3.52. The van der Waals surface area contributed by atoms with Gasteiger partial charge in [-0.2, -0.15) is 0 Å². The summed E-state index contributed by atoms with van der Waals surface area (Å²) in [5.74, 6) is -0.813. The minimum Gasteiger partial charge on any atom is -0.481 e. The molecule has 0 saturated heterocycles. The zero-order valence-electron chi connectivity index (χ0n) is 8.38. The van der Waals surface area contributed by atoms with Gasteiger partial charge < -0.3 is 15.6 Å². The molecule has 0 aromatic carbocycles. The lowest BCUT2D eigenvalue weighted by Crippen LogP contribution is -2.35. The zero-order valence-corrected chi connectivity index (χ0v) is 8.38. The van der Waals surface area contributed by atoms with Crippen molar-refractivity contribution in [2.45, 2.75) is 26.2 Å². The third-order valence-corrected chi connectivity index (χ3v) is 2.29. The Morgan fingerprint density at radius 2 is 2.15 bits per heavy atom. The molecule has 0 heterocycles. The summed E-state index contributed by atoms with van der Waals surface area (Å²) in [6.45, 7) is 2.55. The smallest absolute Gasteiger partial charge is 0.310 e. The number of carboxylic acid groups (broad SMARTS) is 1. The van der Waals surface area contributed by atoms with Crippen molar-refractivity contribution in [3.8, 4) is 0 Å². The molecule has 0 saturated carbocycles. The molecule has 0 aromatic heterocycles. The van der Waals surface area contributed by atoms with Gasteiger partial charge in [-0.3, -0.25) is 4.79 Å². The molecular formula is C9H19NO3. The molecule has 0 aliphatic heterocycles. The van der Waals surface area contributed by atoms with Crippen molar-refractivity contribution in [2.75, 3.05) is 20.3 Å². The second kappa shape index (κ2) is 5.94. The minimum absolute atomic E-state index is 0.190. The molecular weight excluding hydrogens is 170 g/mol. The molecule has 3 N–H and O–H groups in total. The van der Waals surface area contributed by atoms with Crippen molar-refractivity contribution in [2.24, 2.45) is 11.1 Å². The second-order valence-electron chi connectivity index (χ2n) is 3.52. The Hall–Kier alpha value is -0.610. The van der Waals surface area contributed by atoms with E-state index in [1.165, 1.54) is 0 Å². The summed E-state index contributed by atoms with van der Waals surface area (Å²) >= 11 is 0. The molecule has 0 bridgehead atoms. The highest BCUT2D eigenvalue weighted by molar-refractivity contribution is 5.74. The standard InChI is InChI=1S/C9H19NO3/c1-9(7-10,8(11)12)5-3-4-6-13-2/h3-7,10H2,1-2H3,(H,11,12). The molecule has 0 fully saturated rings. The van der Waals surface area contributed by atoms with Crippen LogP contribution in [0.1, 0.15) is 26.2 Å². The Bertz CT molecular complexity index is 161. The maximum absolute atomic E-state index is 10.8. The normalized spacial score (nSPS) is 15.3. The van der Waals surface area contributed by atoms with E-state index in [0.717, 1.165) is 12.8 Å². The highest BCUT2D eigenvalue weighted by atomic mass is 16.5. The first-order chi connectivity index (χ1) is 6.06. The van der Waals surface area contributed by atoms with Gasteiger partial charge in [-0.1, -0.05) is 0 Å². The van der Waals surface area contributed by atoms with Gasteiger partial charge in [0.25, 0.3) is 0 Å². The summed E-state index contributed by atoms with van der Waals surface area (Å²) in [5.41, 5.74) is 4.64. The molecule has 4 nitrogen and oxygen atoms in total. The van der Waals surface area contributed by atoms with Crippen LogP contribution in [0.4, 0.5) is 0 Å². The van der Waals surface area contributed by atoms with E-state index in [2.05, 4.69) is 0 Å². The number of methoxy groups -OCH3 is 1. The topological polar surface area (TPSA) is 72.5 Å². The lowest BCUT2D eigenvalue weighted by atomic mass is 9.85. The van der Waals surface area contributed by atoms with Crippen molar-refractivity contribution in [3.63, 3.8) is 0 Å². The number of carbonyl (C=O) groups is 1. The van der Waals surface area contributed by atoms with Crippen molar-refractivity contribution in [1.29, 1.82) is 0 Å². The molecule has 1 unspecified atom stereocenters. The van der Waals surface area contributed by atoms with Crippen LogP contribution in [0.15, 0.2) is 0 Å². The lowest BCUT2D eigenvalue weighted by Gasteiger charge is -2.22. The van der Waals surface area contributed by atoms with Crippen molar-refractivity contribution in [1.82, 2.24) is 0 Å². The number of rotatable bonds is 7. The van der Waals surface area contributed by atoms with E-state index in [-0.39, 0.29) is 6.54 Å². The Balaban J connectivity index is 3.78. The molecule has 1 atom stereocenters. The number of hydrogen-bond donors (Lipinski definition) is 2. The molecule has 0 radical (unpaired) electrons. The van der Waals surface area contributed by atoms with Crippen molar-refractivity contribution in [3.05, 3.63) is 0 Å². The number of aliphatic carboxylic acids is 1. The van der Waals surface area contributed by atoms with Gasteiger partial charge in [-0.25, -0.2) is 0 Å². The van der Waals surface area contributed by atoms with Gasteiger partial charge >= 0.3 is 5.97 Å². The summed E-state index contributed by atoms with van der Waals surface area (Å²) in [4.78, 5) is 10.8. The average molecular weight is 189 g/mol. The molecule has 0 aliphatic carbocycles. The molecule has 78 valence electrons. The quantitative estimate of drug-likeness (QED) is 0.582. The van der Waals surface area contributed by atoms with E-state index in [1.807, 2.05) is 0 Å². The van der Waals surface area contributed by atoms with Gasteiger partial charge in [0, 0.05) is 20.3 Å². The van der Waals surface area contributed by atoms with E-state index >= 15 is 0 Å². The number of ether oxygens (including phenoxy) is 1. The molecule has 4 heteroatoms. The summed E-state index contributed by atoms with van der Waals surface area (Å²) in [6.07, 6.45) is 2.34. The van der Waals surface area contributed by atoms with Crippen LogP contribution < -0.4 is 5.73 Å². The third-order valence-electron chi connectivity index (χ3n) is 2.29. The van der Waals surface area contributed by atoms with Crippen molar-refractivity contribution < 1.29 is 14.6 Å². The van der Waals surface area contributed by atoms with E-state index in [0.29, 0.717) is 13.0 Å². The molecule has 0 amide bonds. The van der Waals surface area contributed by atoms with Gasteiger partial charge in [0.05, 0.1) is 5.41 Å². The monoisotopic (exact) mass is 189 g/mol. The van der Waals surface area contributed by atoms with Gasteiger partial charge in [0.15, 0.2) is 0 Å². The van der Waals surface area contributed by atoms with Crippen LogP contribution in [0, 0.1) is 5.41 Å². The first kappa shape index (κ1) is 12.4. The van der Waals surface area contributed by atoms with E-state index in [9.17, 15) is 4.79 Å². The number of nitrogens with two attached hydrogens (primary N) is 1. The highest BCUT2D eigenvalue weighted by Crippen LogP contribution is 2.22. The molecule has 0 rings (SSSR count). The van der Waals surface area contributed by atoms with Gasteiger partial charge in [0.2, 0.25) is 0 Å². The Morgan fingerprint density at radius 1 is 1.54 bits per heavy atom. The van der Waals surface area contributed by atoms with Crippen LogP contribution in [-0.2, 0) is 9.53 Å². The molecule has 0 spiro atoms. The maximum atomic E-state index is 10.8. The highest BCUT2D eigenvalue weighted by Gasteiger charge is 2.30. The maximum Gasteiger partial charge on any atom is 0.310 e. The third kappa shape index (κ3) is 4.24. The summed E-state index contributed by atoms with van der Waals surface area (Å²) in [6, 6.07) is 0. The molecule has 0 aliphatic rings. The van der Waals surface area contributed by atoms with E-state index in [4.69, 9.17) is 15.6 Å². The van der Waals surface area contributed by atoms with Gasteiger partial charge in [0.1, 0.15) is 0 Å². The fraction of sp³-hybridized carbons (Fsp3) is 0.889. The summed E-state index contributed by atoms with van der Waals surface area (Å²) < 4.78 is 4.87. The van der Waals surface area contributed by atoms with Crippen LogP contribution in [-0.4, -0.2) is 31.3 Å². The Morgan fingerprint density at radius 3 is 2.54 bits per heavy atom. The zero-order chi connectivity index (χ0) is 10.3. The number of hydrogen-bond acceptors (Lipinski definition) is 3. The summed E-state index contributed by atoms with van der Waals surface area (Å²) in [5, 5.41) is 8.88. The van der Waals surface area contributed by atoms with Gasteiger partial charge in [-0.15, -0.1) is 0 Å². The minimum atomic E-state index is -0.813. The average Bonchev–Trinajstić information content (AvgIpc) is 2.12. The first-order valence-corrected chi connectivity index (χ1v) is 4.49. The van der Waals surface area contributed by atoms with E-state index in [1.54, 1.807) is 14.0 Å². The Kier molecular flexibility index (Phi) is 5.66. The predicted molar refractivity (Wildman–Crippen MR) is 50.5 cm³/mol. The van der Waals surface area contributed by atoms with E-state index < -0.39 is 11.4 Å². The number of unbranched alkanes of at least 4 members (excludes halogenated alkanes) is 1. The fourth-order valence-electron chi connectivity index (χ4n) is 1.06. The van der Waals surface area contributed by atoms with Crippen molar-refractivity contribution >= 4 is 5.97 Å². The van der Waals surface area contributed by atoms with Crippen LogP contribution in [0.3, 0.4) is 0 Å². The fourth-order valence-corrected chi connectivity index (χ4v) is 1.06. The molecule has 13 heavy (non-hydrogen) atoms. The van der Waals surface area contributed by atoms with Gasteiger partial charge in [-0.05, 0) is 26.2 Å². The largest absolute Gasteiger partial charge is 0.481 e. The van der Waals surface area contributed by atoms with Crippen LogP contribution in [0.2, 0.25) is 0 Å². The van der Waals surface area contributed by atoms with Crippen LogP contribution >= 0.6 is 0 Å².